The Morgan fingerprint density at radius 1 is 1.35 bits per heavy atom. The van der Waals surface area contributed by atoms with Crippen molar-refractivity contribution >= 4 is 10.9 Å². The number of aromatic hydroxyl groups is 1. The van der Waals surface area contributed by atoms with Gasteiger partial charge >= 0.3 is 0 Å². The minimum absolute atomic E-state index is 0.110. The summed E-state index contributed by atoms with van der Waals surface area (Å²) in [5.74, 6) is 0.326. The molecule has 1 saturated carbocycles. The summed E-state index contributed by atoms with van der Waals surface area (Å²) in [6, 6.07) is 7.66. The molecule has 3 nitrogen and oxygen atoms in total. The highest BCUT2D eigenvalue weighted by Crippen LogP contribution is 2.37. The summed E-state index contributed by atoms with van der Waals surface area (Å²) in [6.45, 7) is 0. The fraction of sp³-hybridized carbons (Fsp3) is 0.429. The number of phenolic OH excluding ortho intramolecular Hbond substituents is 1. The van der Waals surface area contributed by atoms with Crippen LogP contribution >= 0.6 is 0 Å². The first kappa shape index (κ1) is 10.7. The van der Waals surface area contributed by atoms with Gasteiger partial charge in [-0.3, -0.25) is 0 Å². The van der Waals surface area contributed by atoms with E-state index in [9.17, 15) is 5.11 Å². The van der Waals surface area contributed by atoms with Crippen molar-refractivity contribution in [2.24, 2.45) is 12.8 Å². The average molecular weight is 230 g/mol. The van der Waals surface area contributed by atoms with Gasteiger partial charge in [0.05, 0.1) is 0 Å². The number of hydrogen-bond acceptors (Lipinski definition) is 2. The third-order valence-electron chi connectivity index (χ3n) is 3.90. The molecule has 1 heterocycles. The Morgan fingerprint density at radius 3 is 2.82 bits per heavy atom. The summed E-state index contributed by atoms with van der Waals surface area (Å²) in [5, 5.41) is 10.6. The second-order valence-corrected chi connectivity index (χ2v) is 5.30. The van der Waals surface area contributed by atoms with Crippen LogP contribution in [0.25, 0.3) is 10.9 Å². The number of aromatic nitrogens is 1. The zero-order valence-electron chi connectivity index (χ0n) is 10.1. The minimum atomic E-state index is 0.110. The molecule has 90 valence electrons. The number of fused-ring (bicyclic) bond motifs is 1. The van der Waals surface area contributed by atoms with Crippen molar-refractivity contribution in [2.75, 3.05) is 0 Å². The van der Waals surface area contributed by atoms with Crippen molar-refractivity contribution < 1.29 is 5.11 Å². The molecule has 0 unspecified atom stereocenters. The zero-order valence-corrected chi connectivity index (χ0v) is 10.1. The van der Waals surface area contributed by atoms with E-state index in [-0.39, 0.29) is 5.54 Å². The van der Waals surface area contributed by atoms with E-state index in [0.717, 1.165) is 31.1 Å². The molecule has 0 radical (unpaired) electrons. The maximum atomic E-state index is 9.47. The molecule has 0 amide bonds. The molecule has 1 aromatic carbocycles. The molecule has 3 heteroatoms. The third kappa shape index (κ3) is 1.91. The van der Waals surface area contributed by atoms with Crippen LogP contribution in [0, 0.1) is 0 Å². The number of hydrogen-bond donors (Lipinski definition) is 2. The van der Waals surface area contributed by atoms with Crippen LogP contribution in [-0.4, -0.2) is 15.2 Å². The Bertz CT molecular complexity index is 567. The first-order valence-corrected chi connectivity index (χ1v) is 6.14. The Morgan fingerprint density at radius 2 is 2.12 bits per heavy atom. The molecule has 0 spiro atoms. The smallest absolute Gasteiger partial charge is 0.116 e. The molecule has 17 heavy (non-hydrogen) atoms. The summed E-state index contributed by atoms with van der Waals surface area (Å²) < 4.78 is 2.19. The molecule has 1 aliphatic rings. The largest absolute Gasteiger partial charge is 0.508 e. The highest BCUT2D eigenvalue weighted by atomic mass is 16.3. The Balaban J connectivity index is 1.91. The van der Waals surface area contributed by atoms with Crippen LogP contribution in [0.2, 0.25) is 0 Å². The number of aryl methyl sites for hydroxylation is 2. The van der Waals surface area contributed by atoms with Gasteiger partial charge in [0.25, 0.3) is 0 Å². The van der Waals surface area contributed by atoms with Crippen molar-refractivity contribution in [3.8, 4) is 5.75 Å². The standard InChI is InChI=1S/C14H18N2O/c1-16-11(4-5-14(15)6-7-14)8-10-9-12(17)2-3-13(10)16/h2-3,8-9,17H,4-7,15H2,1H3. The highest BCUT2D eigenvalue weighted by Gasteiger charge is 2.37. The quantitative estimate of drug-likeness (QED) is 0.850. The molecule has 0 aliphatic heterocycles. The van der Waals surface area contributed by atoms with Gasteiger partial charge in [-0.25, -0.2) is 0 Å². The molecule has 3 N–H and O–H groups in total. The molecule has 1 aliphatic carbocycles. The fourth-order valence-corrected chi connectivity index (χ4v) is 2.42. The molecular formula is C14H18N2O. The molecular weight excluding hydrogens is 212 g/mol. The van der Waals surface area contributed by atoms with Crippen LogP contribution < -0.4 is 5.73 Å². The Labute approximate surface area is 101 Å². The highest BCUT2D eigenvalue weighted by molar-refractivity contribution is 5.82. The number of nitrogens with two attached hydrogens (primary N) is 1. The Hall–Kier alpha value is -1.48. The van der Waals surface area contributed by atoms with Crippen LogP contribution in [0.15, 0.2) is 24.3 Å². The monoisotopic (exact) mass is 230 g/mol. The summed E-state index contributed by atoms with van der Waals surface area (Å²) in [6.07, 6.45) is 4.40. The number of phenols is 1. The predicted molar refractivity (Wildman–Crippen MR) is 69.1 cm³/mol. The molecule has 0 bridgehead atoms. The van der Waals surface area contributed by atoms with Gasteiger partial charge in [-0.15, -0.1) is 0 Å². The third-order valence-corrected chi connectivity index (χ3v) is 3.90. The van der Waals surface area contributed by atoms with E-state index in [1.54, 1.807) is 6.07 Å². The molecule has 0 atom stereocenters. The van der Waals surface area contributed by atoms with Crippen LogP contribution in [0.4, 0.5) is 0 Å². The van der Waals surface area contributed by atoms with Gasteiger partial charge in [0, 0.05) is 29.2 Å². The number of nitrogens with zero attached hydrogens (tertiary/aromatic N) is 1. The van der Waals surface area contributed by atoms with Crippen molar-refractivity contribution in [3.05, 3.63) is 30.0 Å². The second kappa shape index (κ2) is 3.50. The van der Waals surface area contributed by atoms with Gasteiger partial charge in [-0.2, -0.15) is 0 Å². The van der Waals surface area contributed by atoms with Crippen LogP contribution in [0.3, 0.4) is 0 Å². The van der Waals surface area contributed by atoms with E-state index in [1.165, 1.54) is 11.2 Å². The van der Waals surface area contributed by atoms with E-state index in [1.807, 2.05) is 12.1 Å². The topological polar surface area (TPSA) is 51.2 Å². The van der Waals surface area contributed by atoms with Crippen molar-refractivity contribution in [1.82, 2.24) is 4.57 Å². The molecule has 0 saturated heterocycles. The van der Waals surface area contributed by atoms with Crippen molar-refractivity contribution in [2.45, 2.75) is 31.2 Å². The van der Waals surface area contributed by atoms with Crippen LogP contribution in [0.1, 0.15) is 25.0 Å². The summed E-state index contributed by atoms with van der Waals surface area (Å²) in [4.78, 5) is 0. The summed E-state index contributed by atoms with van der Waals surface area (Å²) in [7, 11) is 2.07. The van der Waals surface area contributed by atoms with E-state index in [4.69, 9.17) is 5.73 Å². The lowest BCUT2D eigenvalue weighted by atomic mass is 10.1. The van der Waals surface area contributed by atoms with Gasteiger partial charge in [0.1, 0.15) is 5.75 Å². The normalized spacial score (nSPS) is 17.5. The van der Waals surface area contributed by atoms with E-state index < -0.39 is 0 Å². The maximum absolute atomic E-state index is 9.47. The van der Waals surface area contributed by atoms with Crippen molar-refractivity contribution in [1.29, 1.82) is 0 Å². The SMILES string of the molecule is Cn1c(CCC2(N)CC2)cc2cc(O)ccc21. The van der Waals surface area contributed by atoms with Gasteiger partial charge in [0.2, 0.25) is 0 Å². The van der Waals surface area contributed by atoms with E-state index in [2.05, 4.69) is 17.7 Å². The van der Waals surface area contributed by atoms with Gasteiger partial charge < -0.3 is 15.4 Å². The van der Waals surface area contributed by atoms with Gasteiger partial charge in [-0.1, -0.05) is 0 Å². The summed E-state index contributed by atoms with van der Waals surface area (Å²) in [5.41, 5.74) is 8.68. The van der Waals surface area contributed by atoms with E-state index in [0.29, 0.717) is 5.75 Å². The van der Waals surface area contributed by atoms with E-state index >= 15 is 0 Å². The molecule has 2 aromatic rings. The van der Waals surface area contributed by atoms with Crippen LogP contribution in [0.5, 0.6) is 5.75 Å². The van der Waals surface area contributed by atoms with Crippen molar-refractivity contribution in [3.63, 3.8) is 0 Å². The lowest BCUT2D eigenvalue weighted by molar-refractivity contribution is 0.476. The summed E-state index contributed by atoms with van der Waals surface area (Å²) >= 11 is 0. The number of benzene rings is 1. The van der Waals surface area contributed by atoms with Gasteiger partial charge in [-0.05, 0) is 49.9 Å². The number of rotatable bonds is 3. The zero-order chi connectivity index (χ0) is 12.0. The molecule has 3 rings (SSSR count). The first-order valence-electron chi connectivity index (χ1n) is 6.14. The Kier molecular flexibility index (Phi) is 2.20. The van der Waals surface area contributed by atoms with Crippen LogP contribution in [-0.2, 0) is 13.5 Å². The lowest BCUT2D eigenvalue weighted by Gasteiger charge is -2.09. The minimum Gasteiger partial charge on any atom is -0.508 e. The molecule has 1 fully saturated rings. The second-order valence-electron chi connectivity index (χ2n) is 5.30. The lowest BCUT2D eigenvalue weighted by Crippen LogP contribution is -2.22. The predicted octanol–water partition coefficient (Wildman–Crippen LogP) is 2.31. The average Bonchev–Trinajstić information content (AvgIpc) is 2.94. The first-order chi connectivity index (χ1) is 8.07. The maximum Gasteiger partial charge on any atom is 0.116 e. The fourth-order valence-electron chi connectivity index (χ4n) is 2.42. The molecule has 1 aromatic heterocycles. The van der Waals surface area contributed by atoms with Gasteiger partial charge in [0.15, 0.2) is 0 Å².